The fourth-order valence-electron chi connectivity index (χ4n) is 2.85. The molecule has 0 unspecified atom stereocenters. The summed E-state index contributed by atoms with van der Waals surface area (Å²) >= 11 is 0. The maximum atomic E-state index is 13.8. The van der Waals surface area contributed by atoms with Crippen LogP contribution in [0, 0.1) is 11.6 Å². The zero-order valence-electron chi connectivity index (χ0n) is 14.1. The lowest BCUT2D eigenvalue weighted by Gasteiger charge is -2.16. The maximum absolute atomic E-state index is 13.8. The highest BCUT2D eigenvalue weighted by Crippen LogP contribution is 2.19. The normalized spacial score (nSPS) is 11.0. The van der Waals surface area contributed by atoms with Crippen molar-refractivity contribution in [2.75, 3.05) is 7.05 Å². The van der Waals surface area contributed by atoms with Crippen molar-refractivity contribution in [3.8, 4) is 0 Å². The molecule has 0 radical (unpaired) electrons. The zero-order valence-corrected chi connectivity index (χ0v) is 14.1. The quantitative estimate of drug-likeness (QED) is 0.759. The number of H-pyrrole nitrogens is 1. The lowest BCUT2D eigenvalue weighted by Crippen LogP contribution is -2.27. The van der Waals surface area contributed by atoms with E-state index in [1.54, 1.807) is 0 Å². The van der Waals surface area contributed by atoms with Crippen LogP contribution in [0.1, 0.15) is 35.1 Å². The minimum absolute atomic E-state index is 0.176. The average Bonchev–Trinajstić information content (AvgIpc) is 3.00. The highest BCUT2D eigenvalue weighted by Gasteiger charge is 2.18. The van der Waals surface area contributed by atoms with Crippen molar-refractivity contribution in [2.24, 2.45) is 0 Å². The van der Waals surface area contributed by atoms with Crippen molar-refractivity contribution in [2.45, 2.75) is 26.3 Å². The van der Waals surface area contributed by atoms with Crippen LogP contribution in [0.4, 0.5) is 8.78 Å². The number of halogens is 2. The van der Waals surface area contributed by atoms with E-state index in [9.17, 15) is 13.6 Å². The number of para-hydroxylation sites is 1. The standard InChI is InChI=1S/C19H19F2N3O/c1-3-5-12-6-4-7-16-18(12)23-17(22-16)11-24(2)19(25)14-10-13(20)8-9-15(14)21/h4,6-10H,3,5,11H2,1-2H3,(H,22,23). The minimum Gasteiger partial charge on any atom is -0.340 e. The molecule has 1 N–H and O–H groups in total. The Balaban J connectivity index is 1.84. The smallest absolute Gasteiger partial charge is 0.257 e. The van der Waals surface area contributed by atoms with E-state index >= 15 is 0 Å². The Hall–Kier alpha value is -2.76. The maximum Gasteiger partial charge on any atom is 0.257 e. The molecule has 3 aromatic rings. The lowest BCUT2D eigenvalue weighted by atomic mass is 10.1. The fraction of sp³-hybridized carbons (Fsp3) is 0.263. The summed E-state index contributed by atoms with van der Waals surface area (Å²) in [5.74, 6) is -1.38. The van der Waals surface area contributed by atoms with Gasteiger partial charge in [0.15, 0.2) is 0 Å². The Labute approximate surface area is 144 Å². The second-order valence-corrected chi connectivity index (χ2v) is 6.03. The molecule has 0 saturated carbocycles. The SMILES string of the molecule is CCCc1cccc2[nH]c(CN(C)C(=O)c3cc(F)ccc3F)nc12. The molecule has 0 aliphatic rings. The molecular formula is C19H19F2N3O. The van der Waals surface area contributed by atoms with Crippen LogP contribution in [-0.4, -0.2) is 27.8 Å². The number of amides is 1. The molecule has 4 nitrogen and oxygen atoms in total. The van der Waals surface area contributed by atoms with Crippen molar-refractivity contribution < 1.29 is 13.6 Å². The van der Waals surface area contributed by atoms with E-state index in [0.29, 0.717) is 5.82 Å². The number of rotatable bonds is 5. The first kappa shape index (κ1) is 17.1. The Morgan fingerprint density at radius 3 is 2.80 bits per heavy atom. The van der Waals surface area contributed by atoms with Crippen molar-refractivity contribution >= 4 is 16.9 Å². The van der Waals surface area contributed by atoms with Crippen molar-refractivity contribution in [3.05, 3.63) is 65.0 Å². The number of fused-ring (bicyclic) bond motifs is 1. The summed E-state index contributed by atoms with van der Waals surface area (Å²) in [6.07, 6.45) is 1.93. The van der Waals surface area contributed by atoms with Gasteiger partial charge in [-0.05, 0) is 36.2 Å². The van der Waals surface area contributed by atoms with E-state index in [2.05, 4.69) is 16.9 Å². The first-order valence-corrected chi connectivity index (χ1v) is 8.16. The molecule has 0 aliphatic carbocycles. The molecule has 0 aliphatic heterocycles. The van der Waals surface area contributed by atoms with Gasteiger partial charge < -0.3 is 9.88 Å². The van der Waals surface area contributed by atoms with Crippen LogP contribution in [0.3, 0.4) is 0 Å². The van der Waals surface area contributed by atoms with E-state index < -0.39 is 17.5 Å². The van der Waals surface area contributed by atoms with E-state index in [0.717, 1.165) is 47.6 Å². The van der Waals surface area contributed by atoms with Crippen LogP contribution in [-0.2, 0) is 13.0 Å². The number of aromatic amines is 1. The third-order valence-corrected chi connectivity index (χ3v) is 4.06. The van der Waals surface area contributed by atoms with E-state index in [1.807, 2.05) is 18.2 Å². The molecule has 6 heteroatoms. The second-order valence-electron chi connectivity index (χ2n) is 6.03. The van der Waals surface area contributed by atoms with Gasteiger partial charge in [-0.15, -0.1) is 0 Å². The first-order chi connectivity index (χ1) is 12.0. The number of imidazole rings is 1. The topological polar surface area (TPSA) is 49.0 Å². The van der Waals surface area contributed by atoms with E-state index in [4.69, 9.17) is 0 Å². The minimum atomic E-state index is -0.743. The average molecular weight is 343 g/mol. The van der Waals surface area contributed by atoms with Crippen LogP contribution in [0.25, 0.3) is 11.0 Å². The number of nitrogens with zero attached hydrogens (tertiary/aromatic N) is 2. The molecule has 0 spiro atoms. The molecule has 1 heterocycles. The zero-order chi connectivity index (χ0) is 18.0. The summed E-state index contributed by atoms with van der Waals surface area (Å²) in [5, 5.41) is 0. The molecule has 25 heavy (non-hydrogen) atoms. The van der Waals surface area contributed by atoms with Gasteiger partial charge >= 0.3 is 0 Å². The summed E-state index contributed by atoms with van der Waals surface area (Å²) in [6.45, 7) is 2.28. The highest BCUT2D eigenvalue weighted by molar-refractivity contribution is 5.94. The van der Waals surface area contributed by atoms with Crippen LogP contribution in [0.15, 0.2) is 36.4 Å². The molecule has 2 aromatic carbocycles. The summed E-state index contributed by atoms with van der Waals surface area (Å²) < 4.78 is 27.1. The van der Waals surface area contributed by atoms with Gasteiger partial charge in [-0.3, -0.25) is 4.79 Å². The predicted octanol–water partition coefficient (Wildman–Crippen LogP) is 4.07. The largest absolute Gasteiger partial charge is 0.340 e. The molecule has 130 valence electrons. The van der Waals surface area contributed by atoms with Crippen LogP contribution < -0.4 is 0 Å². The summed E-state index contributed by atoms with van der Waals surface area (Å²) in [7, 11) is 1.53. The molecule has 0 fully saturated rings. The lowest BCUT2D eigenvalue weighted by molar-refractivity contribution is 0.0776. The number of carbonyl (C=O) groups excluding carboxylic acids is 1. The van der Waals surface area contributed by atoms with Gasteiger partial charge in [0.25, 0.3) is 5.91 Å². The van der Waals surface area contributed by atoms with Gasteiger partial charge in [0.05, 0.1) is 23.1 Å². The third-order valence-electron chi connectivity index (χ3n) is 4.06. The van der Waals surface area contributed by atoms with Crippen molar-refractivity contribution in [1.82, 2.24) is 14.9 Å². The predicted molar refractivity (Wildman–Crippen MR) is 92.2 cm³/mol. The molecule has 0 atom stereocenters. The van der Waals surface area contributed by atoms with Crippen LogP contribution in [0.2, 0.25) is 0 Å². The highest BCUT2D eigenvalue weighted by atomic mass is 19.1. The van der Waals surface area contributed by atoms with E-state index in [1.165, 1.54) is 11.9 Å². The van der Waals surface area contributed by atoms with Gasteiger partial charge in [-0.25, -0.2) is 13.8 Å². The number of carbonyl (C=O) groups is 1. The number of benzene rings is 2. The summed E-state index contributed by atoms with van der Waals surface area (Å²) in [4.78, 5) is 21.5. The van der Waals surface area contributed by atoms with Gasteiger partial charge in [-0.2, -0.15) is 0 Å². The Bertz CT molecular complexity index is 920. The first-order valence-electron chi connectivity index (χ1n) is 8.16. The van der Waals surface area contributed by atoms with Gasteiger partial charge in [0, 0.05) is 7.05 Å². The molecule has 3 rings (SSSR count). The van der Waals surface area contributed by atoms with Gasteiger partial charge in [-0.1, -0.05) is 25.5 Å². The number of nitrogens with one attached hydrogen (secondary N) is 1. The summed E-state index contributed by atoms with van der Waals surface area (Å²) in [5.41, 5.74) is 2.65. The Morgan fingerprint density at radius 1 is 1.24 bits per heavy atom. The number of aryl methyl sites for hydroxylation is 1. The van der Waals surface area contributed by atoms with Crippen LogP contribution >= 0.6 is 0 Å². The molecule has 0 saturated heterocycles. The van der Waals surface area contributed by atoms with E-state index in [-0.39, 0.29) is 12.1 Å². The molecule has 1 aromatic heterocycles. The Morgan fingerprint density at radius 2 is 2.04 bits per heavy atom. The third kappa shape index (κ3) is 3.52. The van der Waals surface area contributed by atoms with Crippen LogP contribution in [0.5, 0.6) is 0 Å². The molecule has 0 bridgehead atoms. The molecular weight excluding hydrogens is 324 g/mol. The van der Waals surface area contributed by atoms with Crippen molar-refractivity contribution in [1.29, 1.82) is 0 Å². The Kier molecular flexibility index (Phi) is 4.79. The number of hydrogen-bond donors (Lipinski definition) is 1. The summed E-state index contributed by atoms with van der Waals surface area (Å²) in [6, 6.07) is 8.78. The fourth-order valence-corrected chi connectivity index (χ4v) is 2.85. The second kappa shape index (κ2) is 7.01. The van der Waals surface area contributed by atoms with Gasteiger partial charge in [0.1, 0.15) is 17.5 Å². The van der Waals surface area contributed by atoms with Crippen molar-refractivity contribution in [3.63, 3.8) is 0 Å². The number of hydrogen-bond acceptors (Lipinski definition) is 2. The molecule has 1 amide bonds. The number of aromatic nitrogens is 2. The monoisotopic (exact) mass is 343 g/mol. The van der Waals surface area contributed by atoms with Gasteiger partial charge in [0.2, 0.25) is 0 Å².